The summed E-state index contributed by atoms with van der Waals surface area (Å²) in [7, 11) is 0. The van der Waals surface area contributed by atoms with Crippen molar-refractivity contribution in [3.8, 4) is 0 Å². The molecule has 1 saturated heterocycles. The van der Waals surface area contributed by atoms with Gasteiger partial charge in [0.15, 0.2) is 0 Å². The summed E-state index contributed by atoms with van der Waals surface area (Å²) in [6, 6.07) is 0. The lowest BCUT2D eigenvalue weighted by atomic mass is 10.0. The Labute approximate surface area is 78.9 Å². The summed E-state index contributed by atoms with van der Waals surface area (Å²) in [6.07, 6.45) is 1.57. The molecule has 0 spiro atoms. The average Bonchev–Trinajstić information content (AvgIpc) is 2.19. The zero-order chi connectivity index (χ0) is 9.52. The lowest BCUT2D eigenvalue weighted by Gasteiger charge is -2.22. The van der Waals surface area contributed by atoms with Crippen LogP contribution in [-0.4, -0.2) is 49.2 Å². The quantitative estimate of drug-likeness (QED) is 0.538. The highest BCUT2D eigenvalue weighted by Crippen LogP contribution is 2.12. The molecule has 0 aliphatic carbocycles. The Morgan fingerprint density at radius 3 is 2.69 bits per heavy atom. The van der Waals surface area contributed by atoms with Crippen molar-refractivity contribution in [1.82, 2.24) is 5.32 Å². The molecule has 0 amide bonds. The monoisotopic (exact) mass is 189 g/mol. The molecule has 0 radical (unpaired) electrons. The van der Waals surface area contributed by atoms with Crippen LogP contribution in [0.5, 0.6) is 0 Å². The molecule has 0 aromatic rings. The molecule has 4 heteroatoms. The van der Waals surface area contributed by atoms with E-state index in [1.54, 1.807) is 0 Å². The van der Waals surface area contributed by atoms with Gasteiger partial charge in [-0.25, -0.2) is 0 Å². The summed E-state index contributed by atoms with van der Waals surface area (Å²) in [5.74, 6) is 0.666. The van der Waals surface area contributed by atoms with Gasteiger partial charge in [-0.1, -0.05) is 0 Å². The van der Waals surface area contributed by atoms with E-state index in [4.69, 9.17) is 14.9 Å². The number of hydrogen-bond donors (Lipinski definition) is 3. The largest absolute Gasteiger partial charge is 0.394 e. The van der Waals surface area contributed by atoms with Crippen LogP contribution >= 0.6 is 0 Å². The molecule has 1 aliphatic heterocycles. The van der Waals surface area contributed by atoms with Crippen molar-refractivity contribution in [3.63, 3.8) is 0 Å². The fourth-order valence-corrected chi connectivity index (χ4v) is 1.47. The molecular weight excluding hydrogens is 170 g/mol. The highest BCUT2D eigenvalue weighted by Gasteiger charge is 2.13. The molecule has 0 aromatic heterocycles. The number of ether oxygens (including phenoxy) is 1. The van der Waals surface area contributed by atoms with Gasteiger partial charge < -0.3 is 20.3 Å². The van der Waals surface area contributed by atoms with Gasteiger partial charge in [-0.05, 0) is 25.3 Å². The normalized spacial score (nSPS) is 21.7. The van der Waals surface area contributed by atoms with Crippen molar-refractivity contribution in [2.24, 2.45) is 5.92 Å². The van der Waals surface area contributed by atoms with Crippen molar-refractivity contribution in [1.29, 1.82) is 0 Å². The fraction of sp³-hybridized carbons (Fsp3) is 1.00. The van der Waals surface area contributed by atoms with Gasteiger partial charge in [0, 0.05) is 19.8 Å². The van der Waals surface area contributed by atoms with E-state index in [9.17, 15) is 0 Å². The van der Waals surface area contributed by atoms with E-state index >= 15 is 0 Å². The van der Waals surface area contributed by atoms with Crippen LogP contribution in [0.15, 0.2) is 0 Å². The minimum Gasteiger partial charge on any atom is -0.394 e. The molecule has 13 heavy (non-hydrogen) atoms. The van der Waals surface area contributed by atoms with E-state index in [2.05, 4.69) is 5.32 Å². The standard InChI is InChI=1S/C9H19NO3/c11-7-9(12)6-10-5-8-1-3-13-4-2-8/h8-12H,1-7H2/t9-/m0/s1. The van der Waals surface area contributed by atoms with Crippen molar-refractivity contribution in [2.75, 3.05) is 32.9 Å². The zero-order valence-electron chi connectivity index (χ0n) is 7.91. The molecule has 4 nitrogen and oxygen atoms in total. The summed E-state index contributed by atoms with van der Waals surface area (Å²) >= 11 is 0. The van der Waals surface area contributed by atoms with Gasteiger partial charge in [-0.2, -0.15) is 0 Å². The van der Waals surface area contributed by atoms with Gasteiger partial charge in [0.2, 0.25) is 0 Å². The van der Waals surface area contributed by atoms with Gasteiger partial charge in [-0.3, -0.25) is 0 Å². The van der Waals surface area contributed by atoms with E-state index in [1.165, 1.54) is 0 Å². The molecule has 0 unspecified atom stereocenters. The molecule has 1 aliphatic rings. The first-order valence-electron chi connectivity index (χ1n) is 4.90. The van der Waals surface area contributed by atoms with E-state index < -0.39 is 6.10 Å². The first-order chi connectivity index (χ1) is 6.33. The predicted molar refractivity (Wildman–Crippen MR) is 49.5 cm³/mol. The van der Waals surface area contributed by atoms with Crippen molar-refractivity contribution in [3.05, 3.63) is 0 Å². The van der Waals surface area contributed by atoms with E-state index in [0.29, 0.717) is 12.5 Å². The Balaban J connectivity index is 1.98. The Bertz CT molecular complexity index is 126. The van der Waals surface area contributed by atoms with E-state index in [-0.39, 0.29) is 6.61 Å². The van der Waals surface area contributed by atoms with Crippen LogP contribution in [0.3, 0.4) is 0 Å². The van der Waals surface area contributed by atoms with Gasteiger partial charge in [-0.15, -0.1) is 0 Å². The zero-order valence-corrected chi connectivity index (χ0v) is 7.91. The summed E-state index contributed by atoms with van der Waals surface area (Å²) in [6.45, 7) is 2.94. The van der Waals surface area contributed by atoms with E-state index in [0.717, 1.165) is 32.6 Å². The Kier molecular flexibility index (Phi) is 5.31. The second-order valence-electron chi connectivity index (χ2n) is 3.55. The Morgan fingerprint density at radius 1 is 1.38 bits per heavy atom. The second kappa shape index (κ2) is 6.32. The molecule has 0 bridgehead atoms. The summed E-state index contributed by atoms with van der Waals surface area (Å²) in [5.41, 5.74) is 0. The predicted octanol–water partition coefficient (Wildman–Crippen LogP) is -0.644. The first kappa shape index (κ1) is 10.9. The highest BCUT2D eigenvalue weighted by molar-refractivity contribution is 4.67. The summed E-state index contributed by atoms with van der Waals surface area (Å²) in [5, 5.41) is 20.8. The first-order valence-corrected chi connectivity index (χ1v) is 4.90. The van der Waals surface area contributed by atoms with Crippen LogP contribution < -0.4 is 5.32 Å². The van der Waals surface area contributed by atoms with Crippen molar-refractivity contribution in [2.45, 2.75) is 18.9 Å². The third-order valence-corrected chi connectivity index (χ3v) is 2.36. The SMILES string of the molecule is OC[C@@H](O)CNCC1CCOCC1. The van der Waals surface area contributed by atoms with Crippen LogP contribution in [0.1, 0.15) is 12.8 Å². The lowest BCUT2D eigenvalue weighted by Crippen LogP contribution is -2.34. The molecule has 1 atom stereocenters. The summed E-state index contributed by atoms with van der Waals surface area (Å²) < 4.78 is 5.23. The molecule has 1 fully saturated rings. The second-order valence-corrected chi connectivity index (χ2v) is 3.55. The van der Waals surface area contributed by atoms with Gasteiger partial charge in [0.1, 0.15) is 0 Å². The highest BCUT2D eigenvalue weighted by atomic mass is 16.5. The number of aliphatic hydroxyl groups is 2. The maximum atomic E-state index is 9.05. The fourth-order valence-electron chi connectivity index (χ4n) is 1.47. The molecular formula is C9H19NO3. The van der Waals surface area contributed by atoms with Gasteiger partial charge in [0.25, 0.3) is 0 Å². The number of hydrogen-bond acceptors (Lipinski definition) is 4. The maximum absolute atomic E-state index is 9.05. The number of nitrogens with one attached hydrogen (secondary N) is 1. The Morgan fingerprint density at radius 2 is 2.08 bits per heavy atom. The third kappa shape index (κ3) is 4.57. The minimum atomic E-state index is -0.625. The number of aliphatic hydroxyl groups excluding tert-OH is 2. The van der Waals surface area contributed by atoms with Crippen LogP contribution in [0.2, 0.25) is 0 Å². The molecule has 3 N–H and O–H groups in total. The number of rotatable bonds is 5. The van der Waals surface area contributed by atoms with Crippen LogP contribution in [0.25, 0.3) is 0 Å². The molecule has 78 valence electrons. The summed E-state index contributed by atoms with van der Waals surface area (Å²) in [4.78, 5) is 0. The third-order valence-electron chi connectivity index (χ3n) is 2.36. The topological polar surface area (TPSA) is 61.7 Å². The van der Waals surface area contributed by atoms with Crippen molar-refractivity contribution < 1.29 is 14.9 Å². The molecule has 1 rings (SSSR count). The lowest BCUT2D eigenvalue weighted by molar-refractivity contribution is 0.0619. The average molecular weight is 189 g/mol. The van der Waals surface area contributed by atoms with E-state index in [1.807, 2.05) is 0 Å². The van der Waals surface area contributed by atoms with Crippen molar-refractivity contribution >= 4 is 0 Å². The maximum Gasteiger partial charge on any atom is 0.0894 e. The molecule has 0 saturated carbocycles. The van der Waals surface area contributed by atoms with Crippen LogP contribution in [0, 0.1) is 5.92 Å². The van der Waals surface area contributed by atoms with Gasteiger partial charge in [0.05, 0.1) is 12.7 Å². The van der Waals surface area contributed by atoms with Gasteiger partial charge >= 0.3 is 0 Å². The molecule has 1 heterocycles. The molecule has 0 aromatic carbocycles. The Hall–Kier alpha value is -0.160. The smallest absolute Gasteiger partial charge is 0.0894 e. The van der Waals surface area contributed by atoms with Crippen LogP contribution in [-0.2, 0) is 4.74 Å². The van der Waals surface area contributed by atoms with Crippen LogP contribution in [0.4, 0.5) is 0 Å². The minimum absolute atomic E-state index is 0.166.